The summed E-state index contributed by atoms with van der Waals surface area (Å²) in [6, 6.07) is -0.294. The Hall–Kier alpha value is -0.570. The first-order valence-corrected chi connectivity index (χ1v) is 14.1. The number of carboxylic acid groups (broad SMARTS) is 1. The Morgan fingerprint density at radius 2 is 0.839 bits per heavy atom. The summed E-state index contributed by atoms with van der Waals surface area (Å²) in [7, 11) is 0. The fraction of sp³-hybridized carbons (Fsp3) is 0.964. The molecule has 0 spiro atoms. The number of carboxylic acids is 1. The summed E-state index contributed by atoms with van der Waals surface area (Å²) in [5.41, 5.74) is 0. The normalized spacial score (nSPS) is 12.5. The number of carbonyl (C=O) groups is 1. The first-order valence-electron chi connectivity index (χ1n) is 14.1. The van der Waals surface area contributed by atoms with Crippen LogP contribution in [0.4, 0.5) is 0 Å². The fourth-order valence-electron chi connectivity index (χ4n) is 4.62. The van der Waals surface area contributed by atoms with Crippen molar-refractivity contribution < 1.29 is 9.90 Å². The number of hydrogen-bond donors (Lipinski definition) is 1. The van der Waals surface area contributed by atoms with Crippen LogP contribution in [-0.4, -0.2) is 35.1 Å². The van der Waals surface area contributed by atoms with Crippen LogP contribution in [0.3, 0.4) is 0 Å². The van der Waals surface area contributed by atoms with Crippen LogP contribution in [-0.2, 0) is 4.79 Å². The third-order valence-corrected chi connectivity index (χ3v) is 6.71. The number of nitrogens with zero attached hydrogens (tertiary/aromatic N) is 1. The summed E-state index contributed by atoms with van der Waals surface area (Å²) in [4.78, 5) is 14.0. The van der Waals surface area contributed by atoms with E-state index in [4.69, 9.17) is 0 Å². The van der Waals surface area contributed by atoms with Crippen molar-refractivity contribution in [3.63, 3.8) is 0 Å². The lowest BCUT2D eigenvalue weighted by atomic mass is 10.0. The van der Waals surface area contributed by atoms with E-state index in [2.05, 4.69) is 18.7 Å². The highest BCUT2D eigenvalue weighted by Gasteiger charge is 2.22. The fourth-order valence-corrected chi connectivity index (χ4v) is 4.62. The van der Waals surface area contributed by atoms with E-state index < -0.39 is 5.97 Å². The molecule has 0 aliphatic carbocycles. The molecule has 1 unspecified atom stereocenters. The molecule has 31 heavy (non-hydrogen) atoms. The number of hydrogen-bond acceptors (Lipinski definition) is 2. The van der Waals surface area contributed by atoms with Gasteiger partial charge in [-0.25, -0.2) is 0 Å². The molecule has 0 radical (unpaired) electrons. The minimum Gasteiger partial charge on any atom is -0.480 e. The summed E-state index contributed by atoms with van der Waals surface area (Å²) in [5, 5.41) is 9.62. The molecule has 0 aromatic rings. The number of unbranched alkanes of at least 4 members (excludes halogenated alkanes) is 18. The SMILES string of the molecule is CCCCCCCCCCCCN(CCCCCCCCCCCC)C(CC)C(=O)O. The molecule has 3 nitrogen and oxygen atoms in total. The summed E-state index contributed by atoms with van der Waals surface area (Å²) in [6.45, 7) is 8.47. The highest BCUT2D eigenvalue weighted by atomic mass is 16.4. The van der Waals surface area contributed by atoms with Gasteiger partial charge in [-0.3, -0.25) is 9.69 Å². The van der Waals surface area contributed by atoms with Crippen LogP contribution >= 0.6 is 0 Å². The van der Waals surface area contributed by atoms with Gasteiger partial charge in [0, 0.05) is 0 Å². The van der Waals surface area contributed by atoms with Crippen molar-refractivity contribution in [3.8, 4) is 0 Å². The smallest absolute Gasteiger partial charge is 0.320 e. The maximum Gasteiger partial charge on any atom is 0.320 e. The minimum absolute atomic E-state index is 0.294. The van der Waals surface area contributed by atoms with Gasteiger partial charge in [-0.15, -0.1) is 0 Å². The van der Waals surface area contributed by atoms with Gasteiger partial charge in [0.15, 0.2) is 0 Å². The molecule has 0 aromatic heterocycles. The Morgan fingerprint density at radius 3 is 1.10 bits per heavy atom. The van der Waals surface area contributed by atoms with Gasteiger partial charge in [-0.05, 0) is 32.4 Å². The first-order chi connectivity index (χ1) is 15.2. The quantitative estimate of drug-likeness (QED) is 0.144. The Morgan fingerprint density at radius 1 is 0.548 bits per heavy atom. The molecule has 0 bridgehead atoms. The second kappa shape index (κ2) is 24.1. The molecule has 0 amide bonds. The van der Waals surface area contributed by atoms with Gasteiger partial charge in [0.05, 0.1) is 0 Å². The molecular formula is C28H57NO2. The van der Waals surface area contributed by atoms with E-state index in [1.54, 1.807) is 0 Å². The molecule has 0 rings (SSSR count). The molecule has 1 atom stereocenters. The van der Waals surface area contributed by atoms with Crippen LogP contribution in [0, 0.1) is 0 Å². The molecule has 186 valence electrons. The second-order valence-electron chi connectivity index (χ2n) is 9.66. The number of aliphatic carboxylic acids is 1. The highest BCUT2D eigenvalue weighted by Crippen LogP contribution is 2.15. The molecule has 0 fully saturated rings. The Balaban J connectivity index is 3.88. The van der Waals surface area contributed by atoms with Crippen LogP contribution in [0.1, 0.15) is 156 Å². The molecule has 3 heteroatoms. The standard InChI is InChI=1S/C28H57NO2/c1-4-7-9-11-13-15-17-19-21-23-25-29(27(6-3)28(30)31)26-24-22-20-18-16-14-12-10-8-5-2/h27H,4-26H2,1-3H3,(H,30,31). The van der Waals surface area contributed by atoms with E-state index in [-0.39, 0.29) is 6.04 Å². The average molecular weight is 440 g/mol. The van der Waals surface area contributed by atoms with Gasteiger partial charge in [-0.2, -0.15) is 0 Å². The summed E-state index contributed by atoms with van der Waals surface area (Å²) in [6.07, 6.45) is 27.4. The van der Waals surface area contributed by atoms with Gasteiger partial charge >= 0.3 is 5.97 Å². The summed E-state index contributed by atoms with van der Waals surface area (Å²) in [5.74, 6) is -0.637. The second-order valence-corrected chi connectivity index (χ2v) is 9.66. The first kappa shape index (κ1) is 30.4. The van der Waals surface area contributed by atoms with Gasteiger partial charge in [0.25, 0.3) is 0 Å². The zero-order valence-corrected chi connectivity index (χ0v) is 21.6. The highest BCUT2D eigenvalue weighted by molar-refractivity contribution is 5.73. The maximum atomic E-state index is 11.7. The lowest BCUT2D eigenvalue weighted by Gasteiger charge is -2.28. The van der Waals surface area contributed by atoms with Crippen LogP contribution in [0.5, 0.6) is 0 Å². The van der Waals surface area contributed by atoms with E-state index in [0.717, 1.165) is 25.9 Å². The van der Waals surface area contributed by atoms with Crippen LogP contribution in [0.2, 0.25) is 0 Å². The van der Waals surface area contributed by atoms with Crippen LogP contribution in [0.15, 0.2) is 0 Å². The molecular weight excluding hydrogens is 382 g/mol. The lowest BCUT2D eigenvalue weighted by molar-refractivity contribution is -0.143. The predicted molar refractivity (Wildman–Crippen MR) is 137 cm³/mol. The van der Waals surface area contributed by atoms with E-state index in [0.29, 0.717) is 6.42 Å². The van der Waals surface area contributed by atoms with Crippen molar-refractivity contribution in [1.82, 2.24) is 4.90 Å². The predicted octanol–water partition coefficient (Wildman–Crippen LogP) is 8.99. The number of rotatable bonds is 25. The topological polar surface area (TPSA) is 40.5 Å². The van der Waals surface area contributed by atoms with Gasteiger partial charge in [0.1, 0.15) is 6.04 Å². The molecule has 0 aromatic carbocycles. The molecule has 0 heterocycles. The van der Waals surface area contributed by atoms with Gasteiger partial charge in [-0.1, -0.05) is 136 Å². The van der Waals surface area contributed by atoms with Gasteiger partial charge in [0.2, 0.25) is 0 Å². The molecule has 0 saturated heterocycles. The third kappa shape index (κ3) is 19.8. The molecule has 1 N–H and O–H groups in total. The van der Waals surface area contributed by atoms with E-state index in [9.17, 15) is 9.90 Å². The van der Waals surface area contributed by atoms with Crippen molar-refractivity contribution in [2.75, 3.05) is 13.1 Å². The van der Waals surface area contributed by atoms with Crippen LogP contribution in [0.25, 0.3) is 0 Å². The van der Waals surface area contributed by atoms with Crippen LogP contribution < -0.4 is 0 Å². The van der Waals surface area contributed by atoms with Gasteiger partial charge < -0.3 is 5.11 Å². The Labute approximate surface area is 195 Å². The van der Waals surface area contributed by atoms with Crippen molar-refractivity contribution in [3.05, 3.63) is 0 Å². The molecule has 0 aliphatic rings. The summed E-state index contributed by atoms with van der Waals surface area (Å²) < 4.78 is 0. The molecule has 0 saturated carbocycles. The molecule has 0 aliphatic heterocycles. The zero-order valence-electron chi connectivity index (χ0n) is 21.6. The monoisotopic (exact) mass is 439 g/mol. The minimum atomic E-state index is -0.637. The third-order valence-electron chi connectivity index (χ3n) is 6.71. The zero-order chi connectivity index (χ0) is 23.0. The van der Waals surface area contributed by atoms with Crippen molar-refractivity contribution in [2.24, 2.45) is 0 Å². The lowest BCUT2D eigenvalue weighted by Crippen LogP contribution is -2.42. The van der Waals surface area contributed by atoms with E-state index in [1.807, 2.05) is 6.92 Å². The van der Waals surface area contributed by atoms with E-state index in [1.165, 1.54) is 116 Å². The summed E-state index contributed by atoms with van der Waals surface area (Å²) >= 11 is 0. The maximum absolute atomic E-state index is 11.7. The average Bonchev–Trinajstić information content (AvgIpc) is 2.76. The largest absolute Gasteiger partial charge is 0.480 e. The van der Waals surface area contributed by atoms with Crippen molar-refractivity contribution in [2.45, 2.75) is 162 Å². The Bertz CT molecular complexity index is 348. The van der Waals surface area contributed by atoms with Crippen molar-refractivity contribution >= 4 is 5.97 Å². The van der Waals surface area contributed by atoms with Crippen molar-refractivity contribution in [1.29, 1.82) is 0 Å². The van der Waals surface area contributed by atoms with E-state index >= 15 is 0 Å². The Kier molecular flexibility index (Phi) is 23.6.